The Labute approximate surface area is 242 Å². The van der Waals surface area contributed by atoms with E-state index in [0.717, 1.165) is 53.0 Å². The highest BCUT2D eigenvalue weighted by molar-refractivity contribution is 7.91. The molecular weight excluding hydrogens is 572 g/mol. The van der Waals surface area contributed by atoms with E-state index < -0.39 is 33.0 Å². The largest absolute Gasteiger partial charge is 0.480 e. The van der Waals surface area contributed by atoms with Crippen molar-refractivity contribution in [2.75, 3.05) is 6.54 Å². The lowest BCUT2D eigenvalue weighted by Crippen LogP contribution is -2.48. The summed E-state index contributed by atoms with van der Waals surface area (Å²) in [6, 6.07) is 19.3. The Morgan fingerprint density at radius 3 is 2.40 bits per heavy atom. The van der Waals surface area contributed by atoms with Gasteiger partial charge in [0.15, 0.2) is 0 Å². The van der Waals surface area contributed by atoms with E-state index in [-0.39, 0.29) is 23.3 Å². The van der Waals surface area contributed by atoms with Gasteiger partial charge in [-0.3, -0.25) is 4.79 Å². The molecule has 5 rings (SSSR count). The maximum absolute atomic E-state index is 13.5. The van der Waals surface area contributed by atoms with E-state index >= 15 is 0 Å². The Morgan fingerprint density at radius 2 is 1.73 bits per heavy atom. The fraction of sp³-hybridized carbons (Fsp3) is 0.379. The number of nitrogens with one attached hydrogen (secondary N) is 2. The number of sulfonamides is 1. The molecule has 0 aliphatic heterocycles. The van der Waals surface area contributed by atoms with Gasteiger partial charge in [0.1, 0.15) is 15.9 Å². The molecule has 8 nitrogen and oxygen atoms in total. The summed E-state index contributed by atoms with van der Waals surface area (Å²) in [5, 5.41) is 13.7. The number of aliphatic carboxylic acids is 1. The number of carbonyl (C=O) groups is 2. The first-order chi connectivity index (χ1) is 19.2. The molecule has 1 heterocycles. The van der Waals surface area contributed by atoms with Gasteiger partial charge >= 0.3 is 12.1 Å². The first-order valence-electron chi connectivity index (χ1n) is 13.3. The minimum absolute atomic E-state index is 0.0308. The van der Waals surface area contributed by atoms with Gasteiger partial charge in [0.25, 0.3) is 10.0 Å². The topological polar surface area (TPSA) is 122 Å². The number of hydrogen-bond acceptors (Lipinski definition) is 6. The van der Waals surface area contributed by atoms with Gasteiger partial charge in [-0.2, -0.15) is 4.72 Å². The van der Waals surface area contributed by atoms with Crippen molar-refractivity contribution < 1.29 is 27.9 Å². The minimum atomic E-state index is -4.16. The Kier molecular flexibility index (Phi) is 8.24. The summed E-state index contributed by atoms with van der Waals surface area (Å²) in [6.45, 7) is 0.290. The monoisotopic (exact) mass is 602 g/mol. The van der Waals surface area contributed by atoms with Crippen molar-refractivity contribution in [3.63, 3.8) is 0 Å². The van der Waals surface area contributed by atoms with Crippen LogP contribution < -0.4 is 10.0 Å². The number of carboxylic acids is 1. The molecule has 3 N–H and O–H groups in total. The lowest BCUT2D eigenvalue weighted by molar-refractivity contribution is -0.140. The van der Waals surface area contributed by atoms with Crippen molar-refractivity contribution >= 4 is 45.0 Å². The van der Waals surface area contributed by atoms with Gasteiger partial charge in [0, 0.05) is 21.9 Å². The SMILES string of the molecule is O=C(NCCC[C@@]1(c2ccccc2)CC1(NS(=O)(=O)c1ccc(-c2ccc(Cl)cc2)s1)C(=O)O)OC1CCCC1. The summed E-state index contributed by atoms with van der Waals surface area (Å²) < 4.78 is 35.1. The molecule has 2 aliphatic carbocycles. The van der Waals surface area contributed by atoms with Crippen LogP contribution >= 0.6 is 22.9 Å². The number of thiophene rings is 1. The van der Waals surface area contributed by atoms with Crippen molar-refractivity contribution in [2.24, 2.45) is 0 Å². The molecule has 1 unspecified atom stereocenters. The Hall–Kier alpha value is -2.92. The third-order valence-corrected chi connectivity index (χ3v) is 11.2. The molecule has 1 aromatic heterocycles. The van der Waals surface area contributed by atoms with Gasteiger partial charge in [-0.25, -0.2) is 13.2 Å². The number of ether oxygens (including phenoxy) is 1. The van der Waals surface area contributed by atoms with E-state index in [2.05, 4.69) is 10.0 Å². The van der Waals surface area contributed by atoms with E-state index in [0.29, 0.717) is 17.9 Å². The maximum Gasteiger partial charge on any atom is 0.407 e. The molecule has 2 atom stereocenters. The summed E-state index contributed by atoms with van der Waals surface area (Å²) in [7, 11) is -4.16. The minimum Gasteiger partial charge on any atom is -0.480 e. The average molecular weight is 603 g/mol. The zero-order valence-electron chi connectivity index (χ0n) is 21.8. The Morgan fingerprint density at radius 1 is 1.02 bits per heavy atom. The summed E-state index contributed by atoms with van der Waals surface area (Å²) in [6.07, 6.45) is 4.23. The maximum atomic E-state index is 13.5. The Balaban J connectivity index is 1.33. The zero-order chi connectivity index (χ0) is 28.4. The van der Waals surface area contributed by atoms with Gasteiger partial charge in [0.05, 0.1) is 0 Å². The van der Waals surface area contributed by atoms with Gasteiger partial charge in [-0.1, -0.05) is 54.1 Å². The number of carboxylic acid groups (broad SMARTS) is 1. The molecule has 0 bridgehead atoms. The van der Waals surface area contributed by atoms with Crippen LogP contribution in [0, 0.1) is 0 Å². The second-order valence-corrected chi connectivity index (χ2v) is 13.8. The van der Waals surface area contributed by atoms with E-state index in [4.69, 9.17) is 16.3 Å². The number of amides is 1. The summed E-state index contributed by atoms with van der Waals surface area (Å²) in [5.41, 5.74) is -1.14. The molecule has 3 aromatic rings. The fourth-order valence-electron chi connectivity index (χ4n) is 5.71. The fourth-order valence-corrected chi connectivity index (χ4v) is 8.57. The highest BCUT2D eigenvalue weighted by Gasteiger charge is 2.74. The number of halogens is 1. The highest BCUT2D eigenvalue weighted by Crippen LogP contribution is 2.61. The molecule has 0 saturated heterocycles. The lowest BCUT2D eigenvalue weighted by atomic mass is 9.86. The quantitative estimate of drug-likeness (QED) is 0.233. The number of benzene rings is 2. The number of rotatable bonds is 11. The van der Waals surface area contributed by atoms with Crippen LogP contribution in [0.25, 0.3) is 10.4 Å². The van der Waals surface area contributed by atoms with Crippen LogP contribution in [0.15, 0.2) is 70.9 Å². The lowest BCUT2D eigenvalue weighted by Gasteiger charge is -2.24. The van der Waals surface area contributed by atoms with Crippen molar-refractivity contribution in [1.82, 2.24) is 10.0 Å². The van der Waals surface area contributed by atoms with Gasteiger partial charge in [-0.05, 0) is 80.3 Å². The van der Waals surface area contributed by atoms with Crippen molar-refractivity contribution in [3.05, 3.63) is 77.3 Å². The number of alkyl carbamates (subject to hydrolysis) is 1. The van der Waals surface area contributed by atoms with E-state index in [1.807, 2.05) is 30.3 Å². The third kappa shape index (κ3) is 5.76. The van der Waals surface area contributed by atoms with Crippen molar-refractivity contribution in [3.8, 4) is 10.4 Å². The average Bonchev–Trinajstić information content (AvgIpc) is 3.31. The predicted octanol–water partition coefficient (Wildman–Crippen LogP) is 5.96. The first-order valence-corrected chi connectivity index (χ1v) is 16.0. The van der Waals surface area contributed by atoms with Gasteiger partial charge < -0.3 is 15.2 Å². The van der Waals surface area contributed by atoms with Crippen LogP contribution in [0.5, 0.6) is 0 Å². The summed E-state index contributed by atoms with van der Waals surface area (Å²) in [5.74, 6) is -1.23. The third-order valence-electron chi connectivity index (χ3n) is 7.86. The van der Waals surface area contributed by atoms with Crippen molar-refractivity contribution in [1.29, 1.82) is 0 Å². The molecule has 1 amide bonds. The van der Waals surface area contributed by atoms with Gasteiger partial charge in [0.2, 0.25) is 0 Å². The number of carbonyl (C=O) groups excluding carboxylic acids is 1. The first kappa shape index (κ1) is 28.6. The molecule has 11 heteroatoms. The van der Waals surface area contributed by atoms with E-state index in [9.17, 15) is 23.1 Å². The van der Waals surface area contributed by atoms with Crippen LogP contribution in [0.2, 0.25) is 5.02 Å². The van der Waals surface area contributed by atoms with Crippen LogP contribution in [0.1, 0.15) is 50.5 Å². The molecule has 2 saturated carbocycles. The van der Waals surface area contributed by atoms with E-state index in [1.165, 1.54) is 6.07 Å². The molecule has 212 valence electrons. The summed E-state index contributed by atoms with van der Waals surface area (Å²) >= 11 is 7.04. The normalized spacial score (nSPS) is 22.6. The standard InChI is InChI=1S/C29H31ClN2O6S2/c30-22-13-11-20(12-14-22)24-15-16-25(39-24)40(36,37)32-29(26(33)34)19-28(29,21-7-2-1-3-8-21)17-6-18-31-27(35)38-23-9-4-5-10-23/h1-3,7-8,11-16,23,32H,4-6,9-10,17-19H2,(H,31,35)(H,33,34)/t28-,29?/m0/s1. The van der Waals surface area contributed by atoms with E-state index in [1.54, 1.807) is 30.3 Å². The molecule has 0 spiro atoms. The molecule has 2 fully saturated rings. The van der Waals surface area contributed by atoms with Crippen LogP contribution in [0.4, 0.5) is 4.79 Å². The smallest absolute Gasteiger partial charge is 0.407 e. The molecular formula is C29H31ClN2O6S2. The molecule has 2 aromatic carbocycles. The highest BCUT2D eigenvalue weighted by atomic mass is 35.5. The zero-order valence-corrected chi connectivity index (χ0v) is 24.2. The summed E-state index contributed by atoms with van der Waals surface area (Å²) in [4.78, 5) is 25.7. The second-order valence-electron chi connectivity index (χ2n) is 10.4. The molecule has 40 heavy (non-hydrogen) atoms. The van der Waals surface area contributed by atoms with Gasteiger partial charge in [-0.15, -0.1) is 11.3 Å². The van der Waals surface area contributed by atoms with Crippen LogP contribution in [-0.2, 0) is 25.0 Å². The van der Waals surface area contributed by atoms with Crippen LogP contribution in [0.3, 0.4) is 0 Å². The predicted molar refractivity (Wildman–Crippen MR) is 154 cm³/mol. The van der Waals surface area contributed by atoms with Crippen molar-refractivity contribution in [2.45, 2.75) is 66.2 Å². The Bertz CT molecular complexity index is 1470. The second kappa shape index (κ2) is 11.5. The molecule has 2 aliphatic rings. The number of hydrogen-bond donors (Lipinski definition) is 3. The van der Waals surface area contributed by atoms with Crippen LogP contribution in [-0.4, -0.2) is 43.8 Å². The molecule has 0 radical (unpaired) electrons.